The van der Waals surface area contributed by atoms with E-state index < -0.39 is 12.2 Å². The number of para-hydroxylation sites is 2. The Hall–Kier alpha value is -3.02. The lowest BCUT2D eigenvalue weighted by Crippen LogP contribution is -2.26. The van der Waals surface area contributed by atoms with Crippen molar-refractivity contribution in [2.45, 2.75) is 0 Å². The van der Waals surface area contributed by atoms with Crippen LogP contribution in [0.4, 0.5) is 9.59 Å². The van der Waals surface area contributed by atoms with Crippen LogP contribution in [0.2, 0.25) is 0 Å². The molecule has 6 nitrogen and oxygen atoms in total. The molecule has 24 heavy (non-hydrogen) atoms. The van der Waals surface area contributed by atoms with Crippen LogP contribution in [0.5, 0.6) is 11.5 Å². The molecule has 0 aliphatic heterocycles. The van der Waals surface area contributed by atoms with Crippen LogP contribution in [-0.4, -0.2) is 50.2 Å². The van der Waals surface area contributed by atoms with Gasteiger partial charge in [-0.3, -0.25) is 0 Å². The minimum Gasteiger partial charge on any atom is -0.410 e. The minimum atomic E-state index is -0.481. The Balaban J connectivity index is 2.42. The van der Waals surface area contributed by atoms with Gasteiger partial charge in [-0.15, -0.1) is 0 Å². The van der Waals surface area contributed by atoms with Gasteiger partial charge in [0, 0.05) is 39.3 Å². The highest BCUT2D eigenvalue weighted by atomic mass is 16.6. The van der Waals surface area contributed by atoms with Gasteiger partial charge in [0.15, 0.2) is 0 Å². The number of rotatable bonds is 3. The van der Waals surface area contributed by atoms with E-state index in [0.717, 1.165) is 0 Å². The van der Waals surface area contributed by atoms with Gasteiger partial charge in [0.05, 0.1) is 0 Å². The second-order valence-electron chi connectivity index (χ2n) is 5.52. The average Bonchev–Trinajstić information content (AvgIpc) is 2.55. The van der Waals surface area contributed by atoms with Gasteiger partial charge in [-0.25, -0.2) is 9.59 Å². The maximum Gasteiger partial charge on any atom is 0.414 e. The van der Waals surface area contributed by atoms with Crippen LogP contribution in [0.3, 0.4) is 0 Å². The largest absolute Gasteiger partial charge is 0.414 e. The maximum absolute atomic E-state index is 11.9. The van der Waals surface area contributed by atoms with Crippen LogP contribution < -0.4 is 9.47 Å². The van der Waals surface area contributed by atoms with E-state index >= 15 is 0 Å². The van der Waals surface area contributed by atoms with E-state index in [4.69, 9.17) is 9.47 Å². The van der Waals surface area contributed by atoms with Crippen molar-refractivity contribution in [2.24, 2.45) is 0 Å². The third kappa shape index (κ3) is 4.04. The SMILES string of the molecule is CN(C)C(=O)Oc1ccccc1-c1ccccc1OC(=O)N(C)C. The van der Waals surface area contributed by atoms with Gasteiger partial charge in [-0.2, -0.15) is 0 Å². The van der Waals surface area contributed by atoms with Crippen LogP contribution >= 0.6 is 0 Å². The van der Waals surface area contributed by atoms with Crippen molar-refractivity contribution in [1.29, 1.82) is 0 Å². The smallest absolute Gasteiger partial charge is 0.410 e. The summed E-state index contributed by atoms with van der Waals surface area (Å²) in [4.78, 5) is 26.4. The lowest BCUT2D eigenvalue weighted by atomic mass is 10.0. The predicted molar refractivity (Wildman–Crippen MR) is 91.3 cm³/mol. The first-order valence-corrected chi connectivity index (χ1v) is 7.37. The molecule has 2 aromatic carbocycles. The maximum atomic E-state index is 11.9. The lowest BCUT2D eigenvalue weighted by Gasteiger charge is -2.17. The molecular weight excluding hydrogens is 308 g/mol. The third-order valence-corrected chi connectivity index (χ3v) is 3.19. The van der Waals surface area contributed by atoms with Gasteiger partial charge in [-0.1, -0.05) is 36.4 Å². The predicted octanol–water partition coefficient (Wildman–Crippen LogP) is 3.47. The Morgan fingerprint density at radius 2 is 1.00 bits per heavy atom. The molecule has 0 heterocycles. The Labute approximate surface area is 141 Å². The molecule has 0 atom stereocenters. The van der Waals surface area contributed by atoms with E-state index in [2.05, 4.69) is 0 Å². The van der Waals surface area contributed by atoms with Crippen LogP contribution in [-0.2, 0) is 0 Å². The first kappa shape index (κ1) is 17.3. The molecule has 0 aliphatic rings. The summed E-state index contributed by atoms with van der Waals surface area (Å²) in [6.45, 7) is 0. The van der Waals surface area contributed by atoms with E-state index in [-0.39, 0.29) is 0 Å². The van der Waals surface area contributed by atoms with Crippen molar-refractivity contribution in [3.63, 3.8) is 0 Å². The molecule has 0 saturated heterocycles. The lowest BCUT2D eigenvalue weighted by molar-refractivity contribution is 0.170. The summed E-state index contributed by atoms with van der Waals surface area (Å²) < 4.78 is 10.8. The summed E-state index contributed by atoms with van der Waals surface area (Å²) in [5.74, 6) is 0.786. The molecule has 2 amide bonds. The van der Waals surface area contributed by atoms with Crippen molar-refractivity contribution in [3.05, 3.63) is 48.5 Å². The summed E-state index contributed by atoms with van der Waals surface area (Å²) in [6, 6.07) is 14.2. The Bertz CT molecular complexity index is 678. The molecule has 126 valence electrons. The fourth-order valence-corrected chi connectivity index (χ4v) is 1.93. The Morgan fingerprint density at radius 3 is 1.33 bits per heavy atom. The van der Waals surface area contributed by atoms with Crippen LogP contribution in [0, 0.1) is 0 Å². The molecular formula is C18H20N2O4. The zero-order valence-electron chi connectivity index (χ0n) is 14.1. The normalized spacial score (nSPS) is 10.0. The summed E-state index contributed by atoms with van der Waals surface area (Å²) in [5.41, 5.74) is 1.32. The fraction of sp³-hybridized carbons (Fsp3) is 0.222. The number of carbonyl (C=O) groups is 2. The fourth-order valence-electron chi connectivity index (χ4n) is 1.93. The van der Waals surface area contributed by atoms with E-state index in [0.29, 0.717) is 22.6 Å². The highest BCUT2D eigenvalue weighted by Crippen LogP contribution is 2.36. The molecule has 0 unspecified atom stereocenters. The number of benzene rings is 2. The quantitative estimate of drug-likeness (QED) is 0.865. The number of amides is 2. The first-order valence-electron chi connectivity index (χ1n) is 7.37. The zero-order valence-corrected chi connectivity index (χ0v) is 14.1. The third-order valence-electron chi connectivity index (χ3n) is 3.19. The molecule has 2 rings (SSSR count). The van der Waals surface area contributed by atoms with E-state index in [1.54, 1.807) is 64.6 Å². The van der Waals surface area contributed by atoms with Gasteiger partial charge >= 0.3 is 12.2 Å². The molecule has 0 saturated carbocycles. The molecule has 2 aromatic rings. The van der Waals surface area contributed by atoms with Crippen molar-refractivity contribution < 1.29 is 19.1 Å². The van der Waals surface area contributed by atoms with Gasteiger partial charge in [0.1, 0.15) is 11.5 Å². The monoisotopic (exact) mass is 328 g/mol. The summed E-state index contributed by atoms with van der Waals surface area (Å²) >= 11 is 0. The van der Waals surface area contributed by atoms with Gasteiger partial charge in [-0.05, 0) is 12.1 Å². The molecule has 0 radical (unpaired) electrons. The second-order valence-corrected chi connectivity index (χ2v) is 5.52. The van der Waals surface area contributed by atoms with Crippen LogP contribution in [0.25, 0.3) is 11.1 Å². The van der Waals surface area contributed by atoms with Gasteiger partial charge in [0.2, 0.25) is 0 Å². The molecule has 0 fully saturated rings. The standard InChI is InChI=1S/C18H20N2O4/c1-19(2)17(21)23-15-11-7-5-9-13(15)14-10-6-8-12-16(14)24-18(22)20(3)4/h5-12H,1-4H3. The van der Waals surface area contributed by atoms with Crippen molar-refractivity contribution in [3.8, 4) is 22.6 Å². The van der Waals surface area contributed by atoms with E-state index in [9.17, 15) is 9.59 Å². The van der Waals surface area contributed by atoms with E-state index in [1.807, 2.05) is 12.1 Å². The average molecular weight is 328 g/mol. The highest BCUT2D eigenvalue weighted by Gasteiger charge is 2.17. The Morgan fingerprint density at radius 1 is 0.667 bits per heavy atom. The second kappa shape index (κ2) is 7.50. The molecule has 0 bridgehead atoms. The molecule has 0 spiro atoms. The first-order chi connectivity index (χ1) is 11.4. The summed E-state index contributed by atoms with van der Waals surface area (Å²) in [7, 11) is 6.44. The number of nitrogens with zero attached hydrogens (tertiary/aromatic N) is 2. The highest BCUT2D eigenvalue weighted by molar-refractivity contribution is 5.82. The minimum absolute atomic E-state index is 0.393. The number of hydrogen-bond donors (Lipinski definition) is 0. The number of ether oxygens (including phenoxy) is 2. The topological polar surface area (TPSA) is 59.1 Å². The molecule has 6 heteroatoms. The number of hydrogen-bond acceptors (Lipinski definition) is 4. The summed E-state index contributed by atoms with van der Waals surface area (Å²) in [5, 5.41) is 0. The molecule has 0 aliphatic carbocycles. The number of carbonyl (C=O) groups excluding carboxylic acids is 2. The van der Waals surface area contributed by atoms with Crippen LogP contribution in [0.1, 0.15) is 0 Å². The van der Waals surface area contributed by atoms with Crippen molar-refractivity contribution >= 4 is 12.2 Å². The molecule has 0 aromatic heterocycles. The van der Waals surface area contributed by atoms with Crippen molar-refractivity contribution in [1.82, 2.24) is 9.80 Å². The Kier molecular flexibility index (Phi) is 5.42. The van der Waals surface area contributed by atoms with Gasteiger partial charge in [0.25, 0.3) is 0 Å². The molecule has 0 N–H and O–H groups in total. The van der Waals surface area contributed by atoms with Crippen LogP contribution in [0.15, 0.2) is 48.5 Å². The van der Waals surface area contributed by atoms with Gasteiger partial charge < -0.3 is 19.3 Å². The van der Waals surface area contributed by atoms with Crippen molar-refractivity contribution in [2.75, 3.05) is 28.2 Å². The summed E-state index contributed by atoms with van der Waals surface area (Å²) in [6.07, 6.45) is -0.963. The zero-order chi connectivity index (χ0) is 17.7. The van der Waals surface area contributed by atoms with E-state index in [1.165, 1.54) is 9.80 Å².